The summed E-state index contributed by atoms with van der Waals surface area (Å²) in [5.74, 6) is -0.858. The van der Waals surface area contributed by atoms with E-state index >= 15 is 0 Å². The molecule has 7 heteroatoms. The first-order valence-electron chi connectivity index (χ1n) is 10.5. The number of ether oxygens (including phenoxy) is 1. The van der Waals surface area contributed by atoms with Crippen molar-refractivity contribution in [1.29, 1.82) is 0 Å². The molecule has 0 saturated carbocycles. The molecule has 0 aliphatic heterocycles. The zero-order valence-corrected chi connectivity index (χ0v) is 17.3. The first-order chi connectivity index (χ1) is 15.0. The van der Waals surface area contributed by atoms with E-state index in [2.05, 4.69) is 5.32 Å². The van der Waals surface area contributed by atoms with Crippen LogP contribution in [0.15, 0.2) is 48.5 Å². The van der Waals surface area contributed by atoms with Gasteiger partial charge in [-0.2, -0.15) is 0 Å². The fourth-order valence-corrected chi connectivity index (χ4v) is 4.45. The number of amides is 1. The molecule has 162 valence electrons. The maximum atomic E-state index is 14.0. The molecule has 2 atom stereocenters. The van der Waals surface area contributed by atoms with Gasteiger partial charge in [-0.3, -0.25) is 4.79 Å². The van der Waals surface area contributed by atoms with Crippen LogP contribution in [0.3, 0.4) is 0 Å². The van der Waals surface area contributed by atoms with Crippen molar-refractivity contribution >= 4 is 22.8 Å². The molecule has 2 aromatic carbocycles. The minimum atomic E-state index is -0.903. The van der Waals surface area contributed by atoms with Gasteiger partial charge in [-0.15, -0.1) is 0 Å². The number of carboxylic acids is 1. The van der Waals surface area contributed by atoms with E-state index in [1.807, 2.05) is 29.7 Å². The number of aliphatic carboxylic acids is 1. The van der Waals surface area contributed by atoms with Crippen LogP contribution in [0.5, 0.6) is 5.75 Å². The predicted molar refractivity (Wildman–Crippen MR) is 115 cm³/mol. The van der Waals surface area contributed by atoms with Crippen molar-refractivity contribution in [2.24, 2.45) is 0 Å². The molecule has 6 nitrogen and oxygen atoms in total. The van der Waals surface area contributed by atoms with Crippen molar-refractivity contribution in [2.75, 3.05) is 6.61 Å². The Morgan fingerprint density at radius 1 is 1.26 bits per heavy atom. The lowest BCUT2D eigenvalue weighted by atomic mass is 9.91. The average Bonchev–Trinajstić information content (AvgIpc) is 3.06. The number of para-hydroxylation sites is 1. The molecule has 31 heavy (non-hydrogen) atoms. The summed E-state index contributed by atoms with van der Waals surface area (Å²) >= 11 is 0. The highest BCUT2D eigenvalue weighted by Crippen LogP contribution is 2.36. The first-order valence-corrected chi connectivity index (χ1v) is 10.5. The number of nitrogens with one attached hydrogen (secondary N) is 1. The van der Waals surface area contributed by atoms with E-state index in [1.165, 1.54) is 12.1 Å². The fourth-order valence-electron chi connectivity index (χ4n) is 4.45. The zero-order chi connectivity index (χ0) is 22.0. The molecule has 3 aromatic rings. The van der Waals surface area contributed by atoms with Crippen molar-refractivity contribution in [3.63, 3.8) is 0 Å². The third kappa shape index (κ3) is 4.26. The topological polar surface area (TPSA) is 80.6 Å². The molecule has 1 aliphatic rings. The second kappa shape index (κ2) is 8.79. The molecule has 1 heterocycles. The van der Waals surface area contributed by atoms with Crippen LogP contribution in [0.1, 0.15) is 37.1 Å². The van der Waals surface area contributed by atoms with Gasteiger partial charge >= 0.3 is 5.97 Å². The normalized spacial score (nSPS) is 16.5. The standard InChI is InChI=1S/C24H25FN2O4/c1-2-20(24(29)30)27-21-10-8-15(25)12-18(21)19-13-16(9-11-22(19)27)26-23(28)14-31-17-6-4-3-5-7-17/h3-8,10,12,16,20H,2,9,11,13-14H2,1H3,(H,26,28)(H,29,30)/t16-,20?/m1/s1. The van der Waals surface area contributed by atoms with Gasteiger partial charge in [-0.05, 0) is 61.6 Å². The Hall–Kier alpha value is -3.35. The maximum absolute atomic E-state index is 14.0. The second-order valence-electron chi connectivity index (χ2n) is 7.83. The van der Waals surface area contributed by atoms with E-state index in [-0.39, 0.29) is 24.4 Å². The molecule has 1 aliphatic carbocycles. The van der Waals surface area contributed by atoms with E-state index in [0.717, 1.165) is 16.8 Å². The number of nitrogens with zero attached hydrogens (tertiary/aromatic N) is 1. The van der Waals surface area contributed by atoms with E-state index in [0.29, 0.717) is 36.8 Å². The summed E-state index contributed by atoms with van der Waals surface area (Å²) in [6, 6.07) is 12.8. The quantitative estimate of drug-likeness (QED) is 0.603. The van der Waals surface area contributed by atoms with Gasteiger partial charge in [0.2, 0.25) is 0 Å². The van der Waals surface area contributed by atoms with Gasteiger partial charge < -0.3 is 19.7 Å². The summed E-state index contributed by atoms with van der Waals surface area (Å²) in [4.78, 5) is 24.2. The lowest BCUT2D eigenvalue weighted by Gasteiger charge is -2.26. The summed E-state index contributed by atoms with van der Waals surface area (Å²) in [6.07, 6.45) is 2.24. The molecule has 1 amide bonds. The summed E-state index contributed by atoms with van der Waals surface area (Å²) in [6.45, 7) is 1.75. The minimum Gasteiger partial charge on any atom is -0.484 e. The van der Waals surface area contributed by atoms with Gasteiger partial charge in [0.1, 0.15) is 17.6 Å². The van der Waals surface area contributed by atoms with Crippen LogP contribution >= 0.6 is 0 Å². The van der Waals surface area contributed by atoms with E-state index in [4.69, 9.17) is 4.74 Å². The Balaban J connectivity index is 1.56. The van der Waals surface area contributed by atoms with Gasteiger partial charge in [-0.1, -0.05) is 25.1 Å². The fraction of sp³-hybridized carbons (Fsp3) is 0.333. The molecule has 1 aromatic heterocycles. The Morgan fingerprint density at radius 2 is 2.03 bits per heavy atom. The van der Waals surface area contributed by atoms with Crippen LogP contribution in [0.25, 0.3) is 10.9 Å². The molecular formula is C24H25FN2O4. The van der Waals surface area contributed by atoms with Crippen molar-refractivity contribution < 1.29 is 23.8 Å². The summed E-state index contributed by atoms with van der Waals surface area (Å²) in [5.41, 5.74) is 2.55. The third-order valence-electron chi connectivity index (χ3n) is 5.82. The number of carbonyl (C=O) groups excluding carboxylic acids is 1. The summed E-state index contributed by atoms with van der Waals surface area (Å²) in [5, 5.41) is 13.4. The largest absolute Gasteiger partial charge is 0.484 e. The highest BCUT2D eigenvalue weighted by Gasteiger charge is 2.30. The predicted octanol–water partition coefficient (Wildman–Crippen LogP) is 3.87. The molecule has 0 spiro atoms. The van der Waals surface area contributed by atoms with E-state index in [9.17, 15) is 19.1 Å². The number of carbonyl (C=O) groups is 2. The van der Waals surface area contributed by atoms with Crippen LogP contribution in [-0.4, -0.2) is 34.2 Å². The molecule has 4 rings (SSSR count). The van der Waals surface area contributed by atoms with Crippen molar-refractivity contribution in [3.05, 3.63) is 65.6 Å². The van der Waals surface area contributed by atoms with E-state index < -0.39 is 12.0 Å². The van der Waals surface area contributed by atoms with Crippen molar-refractivity contribution in [3.8, 4) is 5.75 Å². The van der Waals surface area contributed by atoms with Crippen LogP contribution in [-0.2, 0) is 22.4 Å². The SMILES string of the molecule is CCC(C(=O)O)n1c2c(c3cc(F)ccc31)C[C@H](NC(=O)COc1ccccc1)CC2. The second-order valence-corrected chi connectivity index (χ2v) is 7.83. The van der Waals surface area contributed by atoms with Crippen molar-refractivity contribution in [2.45, 2.75) is 44.7 Å². The van der Waals surface area contributed by atoms with Crippen molar-refractivity contribution in [1.82, 2.24) is 9.88 Å². The molecule has 1 unspecified atom stereocenters. The Labute approximate surface area is 179 Å². The molecule has 0 saturated heterocycles. The van der Waals surface area contributed by atoms with Gasteiger partial charge in [0.15, 0.2) is 6.61 Å². The number of aromatic nitrogens is 1. The van der Waals surface area contributed by atoms with Gasteiger partial charge in [0, 0.05) is 22.6 Å². The number of benzene rings is 2. The maximum Gasteiger partial charge on any atom is 0.326 e. The Bertz CT molecular complexity index is 1110. The number of hydrogen-bond acceptors (Lipinski definition) is 3. The zero-order valence-electron chi connectivity index (χ0n) is 17.3. The first kappa shape index (κ1) is 20.9. The van der Waals surface area contributed by atoms with Crippen LogP contribution in [0, 0.1) is 5.82 Å². The molecule has 0 fully saturated rings. The lowest BCUT2D eigenvalue weighted by molar-refractivity contribution is -0.141. The minimum absolute atomic E-state index is 0.0827. The van der Waals surface area contributed by atoms with Gasteiger partial charge in [0.25, 0.3) is 5.91 Å². The summed E-state index contributed by atoms with van der Waals surface area (Å²) in [7, 11) is 0. The molecule has 0 radical (unpaired) electrons. The highest BCUT2D eigenvalue weighted by molar-refractivity contribution is 5.88. The smallest absolute Gasteiger partial charge is 0.326 e. The number of carboxylic acid groups (broad SMARTS) is 1. The number of halogens is 1. The monoisotopic (exact) mass is 424 g/mol. The van der Waals surface area contributed by atoms with Gasteiger partial charge in [-0.25, -0.2) is 9.18 Å². The highest BCUT2D eigenvalue weighted by atomic mass is 19.1. The van der Waals surface area contributed by atoms with Crippen LogP contribution in [0.2, 0.25) is 0 Å². The molecule has 2 N–H and O–H groups in total. The molecular weight excluding hydrogens is 399 g/mol. The third-order valence-corrected chi connectivity index (χ3v) is 5.82. The van der Waals surface area contributed by atoms with E-state index in [1.54, 1.807) is 18.2 Å². The number of fused-ring (bicyclic) bond motifs is 3. The van der Waals surface area contributed by atoms with Crippen LogP contribution < -0.4 is 10.1 Å². The lowest BCUT2D eigenvalue weighted by Crippen LogP contribution is -2.41. The summed E-state index contributed by atoms with van der Waals surface area (Å²) < 4.78 is 21.4. The van der Waals surface area contributed by atoms with Gasteiger partial charge in [0.05, 0.1) is 0 Å². The van der Waals surface area contributed by atoms with Crippen LogP contribution in [0.4, 0.5) is 4.39 Å². The Morgan fingerprint density at radius 3 is 2.74 bits per heavy atom. The Kier molecular flexibility index (Phi) is 5.93. The molecule has 0 bridgehead atoms. The average molecular weight is 424 g/mol. The number of hydrogen-bond donors (Lipinski definition) is 2. The number of rotatable bonds is 7.